The first-order chi connectivity index (χ1) is 37.2. The van der Waals surface area contributed by atoms with E-state index >= 15 is 4.55 Å². The summed E-state index contributed by atoms with van der Waals surface area (Å²) in [6.07, 6.45) is -1.98. The number of aliphatic hydroxyl groups is 3. The molecular formula is C51H77N11O16S. The fraction of sp³-hybridized carbons (Fsp3) is 0.647. The van der Waals surface area contributed by atoms with E-state index in [2.05, 4.69) is 42.2 Å². The second-order valence-corrected chi connectivity index (χ2v) is 22.7. The Balaban J connectivity index is 1.61. The van der Waals surface area contributed by atoms with Crippen molar-refractivity contribution in [3.05, 3.63) is 23.8 Å². The number of carbonyl (C=O) groups excluding carboxylic acids is 10. The average molecular weight is 1130 g/mol. The summed E-state index contributed by atoms with van der Waals surface area (Å²) in [7, 11) is 1.67. The first kappa shape index (κ1) is 63.1. The molecule has 0 spiro atoms. The fourth-order valence-electron chi connectivity index (χ4n) is 9.21. The Morgan fingerprint density at radius 1 is 0.873 bits per heavy atom. The van der Waals surface area contributed by atoms with Crippen molar-refractivity contribution in [2.75, 3.05) is 52.2 Å². The molecule has 79 heavy (non-hydrogen) atoms. The first-order valence-corrected chi connectivity index (χ1v) is 27.7. The molecule has 0 saturated carbocycles. The van der Waals surface area contributed by atoms with Crippen molar-refractivity contribution >= 4 is 81.3 Å². The predicted molar refractivity (Wildman–Crippen MR) is 283 cm³/mol. The molecule has 2 aromatic rings. The third-order valence-electron chi connectivity index (χ3n) is 13.9. The van der Waals surface area contributed by atoms with Crippen molar-refractivity contribution in [3.63, 3.8) is 0 Å². The molecule has 1 saturated heterocycles. The zero-order valence-corrected chi connectivity index (χ0v) is 46.5. The normalized spacial score (nSPS) is 25.4. The van der Waals surface area contributed by atoms with E-state index < -0.39 is 188 Å². The molecule has 3 unspecified atom stereocenters. The number of carbonyl (C=O) groups is 10. The molecule has 0 aliphatic carbocycles. The average Bonchev–Trinajstić information content (AvgIpc) is 4.06. The number of hydrogen-bond donors (Lipinski definition) is 12. The highest BCUT2D eigenvalue weighted by molar-refractivity contribution is 7.91. The SMILES string of the molecule is CC[C@H](C)[C@@H]1NC(=O)CNC(=O)[C@@H]2Cc3c([nH]c4cc(OCCCCCCN(C)C(=O)OC(C)(C)C)ccc34)[S+]([O-])C[C@H](NC(=O)CNC1=O)C(=O)N[C@@H](CC(N)=O)C(=O)N1C[C@H](O)C[C@H]1C(=O)NC(C(C)[C@@H](O)CO)C(=O)N2. The predicted octanol–water partition coefficient (Wildman–Crippen LogP) is -2.82. The van der Waals surface area contributed by atoms with Crippen LogP contribution in [-0.2, 0) is 65.5 Å². The Hall–Kier alpha value is -6.75. The molecule has 4 heterocycles. The number of primary amides is 1. The van der Waals surface area contributed by atoms with Gasteiger partial charge in [-0.2, -0.15) is 0 Å². The van der Waals surface area contributed by atoms with Crippen LogP contribution >= 0.6 is 0 Å². The molecule has 13 N–H and O–H groups in total. The van der Waals surface area contributed by atoms with Crippen molar-refractivity contribution in [3.8, 4) is 5.75 Å². The molecule has 5 rings (SSSR count). The number of aromatic amines is 1. The number of benzene rings is 1. The molecule has 11 atom stereocenters. The van der Waals surface area contributed by atoms with Gasteiger partial charge < -0.3 is 87.1 Å². The lowest BCUT2D eigenvalue weighted by molar-refractivity contribution is -0.144. The van der Waals surface area contributed by atoms with Crippen molar-refractivity contribution in [2.45, 2.75) is 152 Å². The molecule has 10 amide bonds. The van der Waals surface area contributed by atoms with E-state index in [0.717, 1.165) is 24.2 Å². The molecule has 3 aliphatic rings. The van der Waals surface area contributed by atoms with Crippen molar-refractivity contribution in [1.29, 1.82) is 0 Å². The highest BCUT2D eigenvalue weighted by Crippen LogP contribution is 2.32. The number of hydrogen-bond acceptors (Lipinski definition) is 16. The van der Waals surface area contributed by atoms with Crippen LogP contribution in [0.1, 0.15) is 92.1 Å². The number of nitrogens with two attached hydrogens (primary N) is 1. The van der Waals surface area contributed by atoms with Crippen molar-refractivity contribution in [2.24, 2.45) is 17.6 Å². The maximum absolute atomic E-state index is 15.0. The van der Waals surface area contributed by atoms with Gasteiger partial charge in [0.15, 0.2) is 6.04 Å². The van der Waals surface area contributed by atoms with Gasteiger partial charge in [0.2, 0.25) is 58.2 Å². The van der Waals surface area contributed by atoms with Gasteiger partial charge in [-0.25, -0.2) is 4.79 Å². The van der Waals surface area contributed by atoms with Crippen LogP contribution in [0.4, 0.5) is 4.79 Å². The van der Waals surface area contributed by atoms with Crippen LogP contribution in [0.3, 0.4) is 0 Å². The number of aromatic nitrogens is 1. The van der Waals surface area contributed by atoms with Crippen LogP contribution < -0.4 is 47.7 Å². The smallest absolute Gasteiger partial charge is 0.410 e. The fourth-order valence-corrected chi connectivity index (χ4v) is 10.6. The zero-order valence-electron chi connectivity index (χ0n) is 45.6. The quantitative estimate of drug-likeness (QED) is 0.0632. The summed E-state index contributed by atoms with van der Waals surface area (Å²) in [4.78, 5) is 144. The topological polar surface area (TPSA) is 405 Å². The molecule has 3 aliphatic heterocycles. The largest absolute Gasteiger partial charge is 0.610 e. The second kappa shape index (κ2) is 28.4. The molecule has 1 aromatic carbocycles. The van der Waals surface area contributed by atoms with Gasteiger partial charge in [0.1, 0.15) is 47.3 Å². The lowest BCUT2D eigenvalue weighted by atomic mass is 9.93. The standard InChI is InChI=1S/C51H77N11O16S/c1-8-26(2)41-46(72)54-21-39(67)55-35-25-79(76)48-31(30-14-13-29(18-32(30)58-48)77-16-12-10-9-11-15-61(7)50(75)78-51(4,5)6)19-33(43(69)53-22-40(68)59-41)56-47(73)42(27(3)37(65)24-63)60-45(71)36-17-28(64)23-62(36)49(74)34(20-38(52)66)57-44(35)70/h13-14,18,26-28,33-37,41-42,58,63-65H,8-12,15-17,19-25H2,1-7H3,(H2,52,66)(H,53,69)(H,54,72)(H,55,67)(H,56,73)(H,57,70)(H,59,68)(H,60,71)/t26-,27?,28+,33-,34-,35-,36-,37-,41-,42?,79?/m0/s1. The monoisotopic (exact) mass is 1130 g/mol. The van der Waals surface area contributed by atoms with Gasteiger partial charge in [-0.3, -0.25) is 43.2 Å². The Kier molecular flexibility index (Phi) is 22.7. The lowest BCUT2D eigenvalue weighted by Gasteiger charge is -2.32. The molecule has 2 bridgehead atoms. The van der Waals surface area contributed by atoms with Crippen molar-refractivity contribution < 1.29 is 77.3 Å². The minimum absolute atomic E-state index is 0.124. The Morgan fingerprint density at radius 2 is 1.54 bits per heavy atom. The Morgan fingerprint density at radius 3 is 2.20 bits per heavy atom. The van der Waals surface area contributed by atoms with Gasteiger partial charge in [-0.05, 0) is 51.7 Å². The number of aliphatic hydroxyl groups excluding tert-OH is 3. The van der Waals surface area contributed by atoms with E-state index in [-0.39, 0.29) is 17.2 Å². The van der Waals surface area contributed by atoms with Gasteiger partial charge in [-0.1, -0.05) is 40.0 Å². The number of nitrogens with one attached hydrogen (secondary N) is 8. The van der Waals surface area contributed by atoms with E-state index in [1.54, 1.807) is 59.9 Å². The molecule has 1 aromatic heterocycles. The van der Waals surface area contributed by atoms with Crippen LogP contribution in [0.15, 0.2) is 23.2 Å². The zero-order chi connectivity index (χ0) is 58.5. The molecular weight excluding hydrogens is 1050 g/mol. The summed E-state index contributed by atoms with van der Waals surface area (Å²) in [5, 5.41) is 49.3. The molecule has 1 fully saturated rings. The number of fused-ring (bicyclic) bond motifs is 5. The number of nitrogens with zero attached hydrogens (tertiary/aromatic N) is 2. The van der Waals surface area contributed by atoms with Crippen LogP contribution in [0.25, 0.3) is 10.9 Å². The Labute approximate surface area is 460 Å². The third-order valence-corrected chi connectivity index (χ3v) is 15.3. The molecule has 27 nitrogen and oxygen atoms in total. The minimum atomic E-state index is -2.40. The summed E-state index contributed by atoms with van der Waals surface area (Å²) in [6, 6.07) is -5.22. The maximum Gasteiger partial charge on any atom is 0.410 e. The van der Waals surface area contributed by atoms with E-state index in [1.807, 2.05) is 0 Å². The van der Waals surface area contributed by atoms with E-state index in [9.17, 15) is 63.3 Å². The van der Waals surface area contributed by atoms with Gasteiger partial charge in [0.25, 0.3) is 0 Å². The van der Waals surface area contributed by atoms with Gasteiger partial charge in [0.05, 0.1) is 50.4 Å². The van der Waals surface area contributed by atoms with Crippen LogP contribution in [0.5, 0.6) is 5.75 Å². The first-order valence-electron chi connectivity index (χ1n) is 26.4. The lowest BCUT2D eigenvalue weighted by Crippen LogP contribution is -2.62. The van der Waals surface area contributed by atoms with E-state index in [1.165, 1.54) is 11.8 Å². The van der Waals surface area contributed by atoms with E-state index in [0.29, 0.717) is 36.0 Å². The maximum atomic E-state index is 15.0. The second-order valence-electron chi connectivity index (χ2n) is 21.3. The number of amides is 10. The summed E-state index contributed by atoms with van der Waals surface area (Å²) in [5.41, 5.74) is 5.36. The summed E-state index contributed by atoms with van der Waals surface area (Å²) >= 11 is -2.40. The third kappa shape index (κ3) is 17.6. The number of H-pyrrole nitrogens is 1. The summed E-state index contributed by atoms with van der Waals surface area (Å²) in [5.74, 6) is -11.4. The number of rotatable bonds is 15. The number of ether oxygens (including phenoxy) is 2. The number of unbranched alkanes of at least 4 members (excludes halogenated alkanes) is 3. The van der Waals surface area contributed by atoms with Gasteiger partial charge in [0, 0.05) is 67.1 Å². The van der Waals surface area contributed by atoms with Crippen molar-refractivity contribution in [1.82, 2.24) is 52.0 Å². The highest BCUT2D eigenvalue weighted by Gasteiger charge is 2.45. The van der Waals surface area contributed by atoms with E-state index in [4.69, 9.17) is 15.2 Å². The Bertz CT molecular complexity index is 2560. The van der Waals surface area contributed by atoms with Crippen LogP contribution in [0, 0.1) is 11.8 Å². The summed E-state index contributed by atoms with van der Waals surface area (Å²) < 4.78 is 26.5. The van der Waals surface area contributed by atoms with Gasteiger partial charge in [-0.15, -0.1) is 0 Å². The van der Waals surface area contributed by atoms with Crippen LogP contribution in [0.2, 0.25) is 0 Å². The summed E-state index contributed by atoms with van der Waals surface area (Å²) in [6.45, 7) is 7.90. The van der Waals surface area contributed by atoms with Crippen LogP contribution in [-0.4, -0.2) is 200 Å². The molecule has 438 valence electrons. The molecule has 28 heteroatoms. The molecule has 0 radical (unpaired) electrons. The van der Waals surface area contributed by atoms with Gasteiger partial charge >= 0.3 is 6.09 Å². The highest BCUT2D eigenvalue weighted by atomic mass is 32.2. The minimum Gasteiger partial charge on any atom is -0.610 e.